The molecular weight excluding hydrogens is 372 g/mol. The Morgan fingerprint density at radius 3 is 2.32 bits per heavy atom. The molecule has 2 atom stereocenters. The van der Waals surface area contributed by atoms with Crippen molar-refractivity contribution < 1.29 is 23.8 Å². The van der Waals surface area contributed by atoms with Crippen molar-refractivity contribution in [2.75, 3.05) is 13.7 Å². The Labute approximate surface area is 170 Å². The van der Waals surface area contributed by atoms with Crippen molar-refractivity contribution in [1.29, 1.82) is 0 Å². The average molecular weight is 409 g/mol. The third kappa shape index (κ3) is 6.27. The van der Waals surface area contributed by atoms with E-state index in [9.17, 15) is 9.90 Å². The summed E-state index contributed by atoms with van der Waals surface area (Å²) < 4.78 is 17.3. The molecule has 0 fully saturated rings. The second kappa shape index (κ2) is 10.3. The van der Waals surface area contributed by atoms with Crippen LogP contribution in [-0.4, -0.2) is 44.8 Å². The lowest BCUT2D eigenvalue weighted by Crippen LogP contribution is -2.53. The zero-order chi connectivity index (χ0) is 21.4. The fraction of sp³-hybridized carbons (Fsp3) is 0.591. The lowest BCUT2D eigenvalue weighted by molar-refractivity contribution is -0.188. The molecule has 1 rings (SSSR count). The lowest BCUT2D eigenvalue weighted by Gasteiger charge is -2.38. The zero-order valence-electron chi connectivity index (χ0n) is 18.3. The summed E-state index contributed by atoms with van der Waals surface area (Å²) in [6.45, 7) is 13.1. The SMILES string of the molecule is C/C=C/[C@H](O)[C@](CCO[Si](C)(C)C(C)(C)C)(OCc1ccccc1)C(=O)OC. The van der Waals surface area contributed by atoms with Gasteiger partial charge in [0.1, 0.15) is 6.10 Å². The van der Waals surface area contributed by atoms with Crippen molar-refractivity contribution in [2.24, 2.45) is 0 Å². The number of aliphatic hydroxyl groups excluding tert-OH is 1. The third-order valence-corrected chi connectivity index (χ3v) is 10.0. The van der Waals surface area contributed by atoms with Crippen LogP contribution in [0.15, 0.2) is 42.5 Å². The maximum Gasteiger partial charge on any atom is 0.341 e. The van der Waals surface area contributed by atoms with Gasteiger partial charge < -0.3 is 19.0 Å². The molecule has 158 valence electrons. The summed E-state index contributed by atoms with van der Waals surface area (Å²) in [6, 6.07) is 9.55. The van der Waals surface area contributed by atoms with E-state index in [0.29, 0.717) is 6.61 Å². The van der Waals surface area contributed by atoms with Crippen LogP contribution in [0.2, 0.25) is 18.1 Å². The number of allylic oxidation sites excluding steroid dienone is 1. The molecule has 0 spiro atoms. The van der Waals surface area contributed by atoms with Gasteiger partial charge in [-0.1, -0.05) is 63.3 Å². The predicted octanol–water partition coefficient (Wildman–Crippen LogP) is 4.46. The molecule has 0 bridgehead atoms. The molecule has 0 saturated heterocycles. The van der Waals surface area contributed by atoms with Gasteiger partial charge >= 0.3 is 5.97 Å². The van der Waals surface area contributed by atoms with Crippen LogP contribution in [-0.2, 0) is 25.3 Å². The summed E-state index contributed by atoms with van der Waals surface area (Å²) in [5, 5.41) is 10.8. The molecule has 0 aliphatic rings. The highest BCUT2D eigenvalue weighted by Crippen LogP contribution is 2.37. The smallest absolute Gasteiger partial charge is 0.341 e. The van der Waals surface area contributed by atoms with Gasteiger partial charge in [0.15, 0.2) is 13.9 Å². The van der Waals surface area contributed by atoms with Crippen LogP contribution in [0.25, 0.3) is 0 Å². The molecule has 1 aromatic rings. The van der Waals surface area contributed by atoms with E-state index in [2.05, 4.69) is 33.9 Å². The summed E-state index contributed by atoms with van der Waals surface area (Å²) in [4.78, 5) is 12.7. The van der Waals surface area contributed by atoms with Crippen LogP contribution < -0.4 is 0 Å². The minimum atomic E-state index is -2.00. The molecule has 0 heterocycles. The fourth-order valence-electron chi connectivity index (χ4n) is 2.56. The van der Waals surface area contributed by atoms with E-state index in [4.69, 9.17) is 13.9 Å². The van der Waals surface area contributed by atoms with Crippen LogP contribution in [0.1, 0.15) is 39.7 Å². The van der Waals surface area contributed by atoms with E-state index in [1.54, 1.807) is 19.1 Å². The second-order valence-electron chi connectivity index (χ2n) is 8.48. The highest BCUT2D eigenvalue weighted by atomic mass is 28.4. The summed E-state index contributed by atoms with van der Waals surface area (Å²) >= 11 is 0. The molecule has 6 heteroatoms. The standard InChI is InChI=1S/C22H36O5Si/c1-8-12-19(23)22(20(24)25-5,26-17-18-13-10-9-11-14-18)15-16-27-28(6,7)21(2,3)4/h8-14,19,23H,15-17H2,1-7H3/b12-8+/t19-,22-/m0/s1. The molecule has 0 aromatic heterocycles. The minimum Gasteiger partial charge on any atom is -0.467 e. The van der Waals surface area contributed by atoms with E-state index in [0.717, 1.165) is 5.56 Å². The molecule has 0 aliphatic heterocycles. The number of rotatable bonds is 10. The van der Waals surface area contributed by atoms with Gasteiger partial charge in [0.2, 0.25) is 0 Å². The Morgan fingerprint density at radius 2 is 1.82 bits per heavy atom. The van der Waals surface area contributed by atoms with E-state index in [1.807, 2.05) is 30.3 Å². The first-order valence-corrected chi connectivity index (χ1v) is 12.6. The second-order valence-corrected chi connectivity index (χ2v) is 13.3. The van der Waals surface area contributed by atoms with Crippen molar-refractivity contribution >= 4 is 14.3 Å². The number of esters is 1. The molecule has 0 radical (unpaired) electrons. The zero-order valence-corrected chi connectivity index (χ0v) is 19.3. The summed E-state index contributed by atoms with van der Waals surface area (Å²) in [5.74, 6) is -0.604. The fourth-order valence-corrected chi connectivity index (χ4v) is 3.60. The maximum atomic E-state index is 12.7. The Bertz CT molecular complexity index is 636. The lowest BCUT2D eigenvalue weighted by atomic mass is 9.92. The number of carbonyl (C=O) groups excluding carboxylic acids is 1. The van der Waals surface area contributed by atoms with Crippen molar-refractivity contribution in [1.82, 2.24) is 0 Å². The van der Waals surface area contributed by atoms with Gasteiger partial charge in [-0.2, -0.15) is 0 Å². The maximum absolute atomic E-state index is 12.7. The van der Waals surface area contributed by atoms with Crippen molar-refractivity contribution in [3.63, 3.8) is 0 Å². The number of hydrogen-bond acceptors (Lipinski definition) is 5. The Morgan fingerprint density at radius 1 is 1.21 bits per heavy atom. The molecule has 1 N–H and O–H groups in total. The predicted molar refractivity (Wildman–Crippen MR) is 115 cm³/mol. The normalized spacial score (nSPS) is 16.0. The molecular formula is C22H36O5Si. The summed E-state index contributed by atoms with van der Waals surface area (Å²) in [5.41, 5.74) is -0.617. The van der Waals surface area contributed by atoms with Gasteiger partial charge in [0.25, 0.3) is 0 Å². The van der Waals surface area contributed by atoms with Crippen molar-refractivity contribution in [2.45, 2.75) is 70.6 Å². The van der Waals surface area contributed by atoms with E-state index < -0.39 is 26.0 Å². The Kier molecular flexibility index (Phi) is 9.08. The van der Waals surface area contributed by atoms with Crippen molar-refractivity contribution in [3.8, 4) is 0 Å². The number of hydrogen-bond donors (Lipinski definition) is 1. The Hall–Kier alpha value is -1.47. The quantitative estimate of drug-likeness (QED) is 0.352. The van der Waals surface area contributed by atoms with E-state index in [-0.39, 0.29) is 18.1 Å². The van der Waals surface area contributed by atoms with Crippen LogP contribution in [0, 0.1) is 0 Å². The molecule has 0 saturated carbocycles. The third-order valence-electron chi connectivity index (χ3n) is 5.47. The van der Waals surface area contributed by atoms with Crippen LogP contribution in [0.5, 0.6) is 0 Å². The number of aliphatic hydroxyl groups is 1. The largest absolute Gasteiger partial charge is 0.467 e. The number of methoxy groups -OCH3 is 1. The minimum absolute atomic E-state index is 0.0494. The van der Waals surface area contributed by atoms with Crippen LogP contribution in [0.4, 0.5) is 0 Å². The summed E-state index contributed by atoms with van der Waals surface area (Å²) in [6.07, 6.45) is 2.30. The topological polar surface area (TPSA) is 65.0 Å². The van der Waals surface area contributed by atoms with Crippen molar-refractivity contribution in [3.05, 3.63) is 48.0 Å². The van der Waals surface area contributed by atoms with Crippen LogP contribution in [0.3, 0.4) is 0 Å². The first kappa shape index (κ1) is 24.6. The van der Waals surface area contributed by atoms with Gasteiger partial charge in [-0.3, -0.25) is 0 Å². The molecule has 0 aliphatic carbocycles. The Balaban J connectivity index is 3.08. The van der Waals surface area contributed by atoms with Gasteiger partial charge in [0, 0.05) is 13.0 Å². The van der Waals surface area contributed by atoms with Gasteiger partial charge in [-0.25, -0.2) is 4.79 Å². The van der Waals surface area contributed by atoms with E-state index >= 15 is 0 Å². The van der Waals surface area contributed by atoms with E-state index in [1.165, 1.54) is 7.11 Å². The van der Waals surface area contributed by atoms with Gasteiger partial charge in [-0.05, 0) is 30.6 Å². The highest BCUT2D eigenvalue weighted by molar-refractivity contribution is 6.74. The molecule has 28 heavy (non-hydrogen) atoms. The number of ether oxygens (including phenoxy) is 2. The van der Waals surface area contributed by atoms with Gasteiger partial charge in [0.05, 0.1) is 13.7 Å². The molecule has 0 unspecified atom stereocenters. The number of benzene rings is 1. The van der Waals surface area contributed by atoms with Crippen LogP contribution >= 0.6 is 0 Å². The molecule has 1 aromatic carbocycles. The molecule has 0 amide bonds. The van der Waals surface area contributed by atoms with Gasteiger partial charge in [-0.15, -0.1) is 0 Å². The summed E-state index contributed by atoms with van der Waals surface area (Å²) in [7, 11) is -0.692. The average Bonchev–Trinajstić information content (AvgIpc) is 2.64. The molecule has 5 nitrogen and oxygen atoms in total. The monoisotopic (exact) mass is 408 g/mol. The first-order chi connectivity index (χ1) is 13.0. The number of carbonyl (C=O) groups is 1. The first-order valence-electron chi connectivity index (χ1n) is 9.71. The highest BCUT2D eigenvalue weighted by Gasteiger charge is 2.47.